The average Bonchev–Trinajstić information content (AvgIpc) is 2.77. The molecule has 1 aromatic carbocycles. The highest BCUT2D eigenvalue weighted by molar-refractivity contribution is 6.18. The van der Waals surface area contributed by atoms with Crippen LogP contribution in [0, 0.1) is 5.92 Å². The van der Waals surface area contributed by atoms with Crippen molar-refractivity contribution in [3.63, 3.8) is 0 Å². The van der Waals surface area contributed by atoms with Gasteiger partial charge in [0.1, 0.15) is 0 Å². The zero-order chi connectivity index (χ0) is 12.5. The molecule has 0 bridgehead atoms. The number of piperidine rings is 1. The number of imidazole rings is 1. The molecule has 2 heterocycles. The lowest BCUT2D eigenvalue weighted by Gasteiger charge is -2.31. The Morgan fingerprint density at radius 3 is 2.67 bits per heavy atom. The Balaban J connectivity index is 1.89. The number of fused-ring (bicyclic) bond motifs is 1. The van der Waals surface area contributed by atoms with E-state index in [0.29, 0.717) is 5.92 Å². The Morgan fingerprint density at radius 1 is 1.28 bits per heavy atom. The number of benzene rings is 1. The minimum atomic E-state index is 0.678. The fourth-order valence-electron chi connectivity index (χ4n) is 2.70. The predicted octanol–water partition coefficient (Wildman–Crippen LogP) is 3.03. The zero-order valence-corrected chi connectivity index (χ0v) is 11.4. The molecule has 1 saturated heterocycles. The Kier molecular flexibility index (Phi) is 3.16. The number of para-hydroxylation sites is 2. The lowest BCUT2D eigenvalue weighted by atomic mass is 9.99. The number of hydrogen-bond acceptors (Lipinski definition) is 2. The summed E-state index contributed by atoms with van der Waals surface area (Å²) in [5.74, 6) is 2.55. The zero-order valence-electron chi connectivity index (χ0n) is 10.6. The Bertz CT molecular complexity index is 541. The van der Waals surface area contributed by atoms with Gasteiger partial charge in [-0.2, -0.15) is 0 Å². The highest BCUT2D eigenvalue weighted by atomic mass is 35.5. The summed E-state index contributed by atoms with van der Waals surface area (Å²) in [6, 6.07) is 8.30. The maximum Gasteiger partial charge on any atom is 0.206 e. The number of rotatable bonds is 2. The van der Waals surface area contributed by atoms with Crippen LogP contribution in [-0.4, -0.2) is 28.5 Å². The van der Waals surface area contributed by atoms with E-state index in [4.69, 9.17) is 16.6 Å². The van der Waals surface area contributed by atoms with Gasteiger partial charge < -0.3 is 9.47 Å². The topological polar surface area (TPSA) is 21.1 Å². The number of halogens is 1. The largest absolute Gasteiger partial charge is 0.342 e. The van der Waals surface area contributed by atoms with Crippen LogP contribution < -0.4 is 4.90 Å². The fraction of sp³-hybridized carbons (Fsp3) is 0.500. The summed E-state index contributed by atoms with van der Waals surface area (Å²) in [5.41, 5.74) is 2.28. The van der Waals surface area contributed by atoms with Crippen molar-refractivity contribution >= 4 is 28.6 Å². The third-order valence-corrected chi connectivity index (χ3v) is 4.32. The second-order valence-corrected chi connectivity index (χ2v) is 5.35. The summed E-state index contributed by atoms with van der Waals surface area (Å²) in [6.07, 6.45) is 2.35. The van der Waals surface area contributed by atoms with Crippen LogP contribution in [0.2, 0.25) is 0 Å². The molecule has 0 amide bonds. The molecule has 1 fully saturated rings. The van der Waals surface area contributed by atoms with E-state index in [0.717, 1.165) is 30.4 Å². The summed E-state index contributed by atoms with van der Waals surface area (Å²) in [6.45, 7) is 2.13. The molecular weight excluding hydrogens is 246 g/mol. The molecule has 1 aliphatic heterocycles. The molecule has 1 aliphatic rings. The average molecular weight is 264 g/mol. The monoisotopic (exact) mass is 263 g/mol. The van der Waals surface area contributed by atoms with Crippen LogP contribution in [0.15, 0.2) is 24.3 Å². The van der Waals surface area contributed by atoms with E-state index in [1.807, 2.05) is 6.07 Å². The maximum atomic E-state index is 5.93. The summed E-state index contributed by atoms with van der Waals surface area (Å²) >= 11 is 5.93. The minimum Gasteiger partial charge on any atom is -0.342 e. The van der Waals surface area contributed by atoms with Crippen LogP contribution in [0.1, 0.15) is 12.8 Å². The first-order chi connectivity index (χ1) is 8.79. The smallest absolute Gasteiger partial charge is 0.206 e. The molecular formula is C14H18ClN3. The molecule has 0 atom stereocenters. The first-order valence-electron chi connectivity index (χ1n) is 6.52. The van der Waals surface area contributed by atoms with Crippen molar-refractivity contribution in [1.29, 1.82) is 0 Å². The fourth-order valence-corrected chi connectivity index (χ4v) is 3.01. The molecule has 0 spiro atoms. The van der Waals surface area contributed by atoms with E-state index in [-0.39, 0.29) is 0 Å². The van der Waals surface area contributed by atoms with Gasteiger partial charge in [0.15, 0.2) is 0 Å². The van der Waals surface area contributed by atoms with E-state index >= 15 is 0 Å². The van der Waals surface area contributed by atoms with Crippen molar-refractivity contribution in [3.05, 3.63) is 24.3 Å². The molecule has 4 heteroatoms. The van der Waals surface area contributed by atoms with Crippen molar-refractivity contribution < 1.29 is 0 Å². The van der Waals surface area contributed by atoms with Gasteiger partial charge in [-0.1, -0.05) is 12.1 Å². The van der Waals surface area contributed by atoms with Gasteiger partial charge in [0.2, 0.25) is 5.95 Å². The molecule has 0 unspecified atom stereocenters. The normalized spacial score (nSPS) is 17.6. The van der Waals surface area contributed by atoms with Crippen molar-refractivity contribution in [2.75, 3.05) is 23.9 Å². The van der Waals surface area contributed by atoms with Crippen molar-refractivity contribution in [1.82, 2.24) is 9.55 Å². The summed E-state index contributed by atoms with van der Waals surface area (Å²) in [5, 5.41) is 0. The van der Waals surface area contributed by atoms with Crippen LogP contribution in [0.25, 0.3) is 11.0 Å². The highest BCUT2D eigenvalue weighted by Gasteiger charge is 2.21. The number of hydrogen-bond donors (Lipinski definition) is 0. The molecule has 0 saturated carbocycles. The molecule has 18 heavy (non-hydrogen) atoms. The molecule has 2 aromatic rings. The lowest BCUT2D eigenvalue weighted by molar-refractivity contribution is 0.437. The van der Waals surface area contributed by atoms with E-state index in [2.05, 4.69) is 34.7 Å². The van der Waals surface area contributed by atoms with Gasteiger partial charge in [-0.3, -0.25) is 0 Å². The third-order valence-electron chi connectivity index (χ3n) is 3.88. The quantitative estimate of drug-likeness (QED) is 0.777. The Morgan fingerprint density at radius 2 is 2.00 bits per heavy atom. The van der Waals surface area contributed by atoms with Gasteiger partial charge in [-0.05, 0) is 30.9 Å². The number of aromatic nitrogens is 2. The SMILES string of the molecule is Cn1c(N2CCC(CCl)CC2)nc2ccccc21. The number of alkyl halides is 1. The minimum absolute atomic E-state index is 0.678. The van der Waals surface area contributed by atoms with E-state index in [1.54, 1.807) is 0 Å². The molecule has 0 N–H and O–H groups in total. The maximum absolute atomic E-state index is 5.93. The van der Waals surface area contributed by atoms with Crippen LogP contribution in [0.4, 0.5) is 5.95 Å². The lowest BCUT2D eigenvalue weighted by Crippen LogP contribution is -2.35. The predicted molar refractivity (Wildman–Crippen MR) is 76.4 cm³/mol. The Labute approximate surface area is 112 Å². The summed E-state index contributed by atoms with van der Waals surface area (Å²) in [4.78, 5) is 7.12. The second kappa shape index (κ2) is 4.81. The number of aryl methyl sites for hydroxylation is 1. The molecule has 0 aliphatic carbocycles. The standard InChI is InChI=1S/C14H18ClN3/c1-17-13-5-3-2-4-12(13)16-14(17)18-8-6-11(10-15)7-9-18/h2-5,11H,6-10H2,1H3. The van der Waals surface area contributed by atoms with Crippen molar-refractivity contribution in [2.24, 2.45) is 13.0 Å². The molecule has 0 radical (unpaired) electrons. The highest BCUT2D eigenvalue weighted by Crippen LogP contribution is 2.26. The second-order valence-electron chi connectivity index (χ2n) is 5.04. The van der Waals surface area contributed by atoms with E-state index < -0.39 is 0 Å². The molecule has 1 aromatic heterocycles. The van der Waals surface area contributed by atoms with Gasteiger partial charge in [0, 0.05) is 26.0 Å². The molecule has 3 nitrogen and oxygen atoms in total. The summed E-state index contributed by atoms with van der Waals surface area (Å²) < 4.78 is 2.19. The van der Waals surface area contributed by atoms with Gasteiger partial charge in [0.05, 0.1) is 11.0 Å². The van der Waals surface area contributed by atoms with Gasteiger partial charge in [0.25, 0.3) is 0 Å². The van der Waals surface area contributed by atoms with Gasteiger partial charge >= 0.3 is 0 Å². The third kappa shape index (κ3) is 1.97. The molecule has 3 rings (SSSR count). The van der Waals surface area contributed by atoms with Crippen molar-refractivity contribution in [3.8, 4) is 0 Å². The van der Waals surface area contributed by atoms with E-state index in [9.17, 15) is 0 Å². The van der Waals surface area contributed by atoms with E-state index in [1.165, 1.54) is 18.4 Å². The Hall–Kier alpha value is -1.22. The first-order valence-corrected chi connectivity index (χ1v) is 7.05. The first kappa shape index (κ1) is 11.8. The van der Waals surface area contributed by atoms with Gasteiger partial charge in [-0.15, -0.1) is 11.6 Å². The van der Waals surface area contributed by atoms with Crippen LogP contribution >= 0.6 is 11.6 Å². The summed E-state index contributed by atoms with van der Waals surface area (Å²) in [7, 11) is 2.10. The molecule has 96 valence electrons. The van der Waals surface area contributed by atoms with Crippen LogP contribution in [0.5, 0.6) is 0 Å². The van der Waals surface area contributed by atoms with Gasteiger partial charge in [-0.25, -0.2) is 4.98 Å². The number of nitrogens with zero attached hydrogens (tertiary/aromatic N) is 3. The number of anilines is 1. The van der Waals surface area contributed by atoms with Crippen LogP contribution in [-0.2, 0) is 7.05 Å². The van der Waals surface area contributed by atoms with Crippen LogP contribution in [0.3, 0.4) is 0 Å². The van der Waals surface area contributed by atoms with Crippen molar-refractivity contribution in [2.45, 2.75) is 12.8 Å².